The number of ether oxygens (including phenoxy) is 1. The van der Waals surface area contributed by atoms with Crippen LogP contribution in [0.5, 0.6) is 0 Å². The lowest BCUT2D eigenvalue weighted by molar-refractivity contribution is -0.144. The first-order chi connectivity index (χ1) is 11.1. The fraction of sp³-hybridized carbons (Fsp3) is 0.889. The standard InChI is InChI=1S/C18H31N3O3/c1-5-18(7-6-12(19)9-18)15(22)20-10-14-8-13(20)11-21(14)16(23)24-17(2,3)4/h12-14H,5-11,19H2,1-4H3/t12-,13-,14-,18+/m1/s1. The summed E-state index contributed by atoms with van der Waals surface area (Å²) >= 11 is 0. The molecule has 0 aromatic heterocycles. The van der Waals surface area contributed by atoms with Gasteiger partial charge in [0.2, 0.25) is 5.91 Å². The molecule has 2 heterocycles. The van der Waals surface area contributed by atoms with Gasteiger partial charge in [-0.1, -0.05) is 6.92 Å². The van der Waals surface area contributed by atoms with E-state index >= 15 is 0 Å². The number of amides is 2. The molecule has 2 amide bonds. The molecule has 3 aliphatic rings. The Kier molecular flexibility index (Phi) is 4.31. The Morgan fingerprint density at radius 2 is 1.83 bits per heavy atom. The summed E-state index contributed by atoms with van der Waals surface area (Å²) < 4.78 is 5.49. The summed E-state index contributed by atoms with van der Waals surface area (Å²) in [7, 11) is 0. The summed E-state index contributed by atoms with van der Waals surface area (Å²) in [4.78, 5) is 29.3. The number of likely N-dealkylation sites (tertiary alicyclic amines) is 2. The van der Waals surface area contributed by atoms with Gasteiger partial charge in [0.25, 0.3) is 0 Å². The second-order valence-corrected chi connectivity index (χ2v) is 8.77. The van der Waals surface area contributed by atoms with Crippen LogP contribution in [0.15, 0.2) is 0 Å². The number of fused-ring (bicyclic) bond motifs is 2. The normalized spacial score (nSPS) is 35.6. The van der Waals surface area contributed by atoms with Crippen molar-refractivity contribution in [3.8, 4) is 0 Å². The van der Waals surface area contributed by atoms with Gasteiger partial charge in [-0.05, 0) is 52.9 Å². The van der Waals surface area contributed by atoms with Crippen LogP contribution in [0.2, 0.25) is 0 Å². The lowest BCUT2D eigenvalue weighted by atomic mass is 9.81. The number of nitrogens with two attached hydrogens (primary N) is 1. The number of piperazine rings is 1. The number of carbonyl (C=O) groups is 2. The molecule has 4 atom stereocenters. The van der Waals surface area contributed by atoms with Gasteiger partial charge in [0.15, 0.2) is 0 Å². The van der Waals surface area contributed by atoms with Crippen LogP contribution in [-0.4, -0.2) is 58.6 Å². The average Bonchev–Trinajstić information content (AvgIpc) is 3.18. The minimum absolute atomic E-state index is 0.0952. The van der Waals surface area contributed by atoms with Gasteiger partial charge >= 0.3 is 6.09 Å². The Labute approximate surface area is 144 Å². The molecule has 3 fully saturated rings. The molecular formula is C18H31N3O3. The van der Waals surface area contributed by atoms with Gasteiger partial charge in [-0.3, -0.25) is 4.79 Å². The Bertz CT molecular complexity index is 530. The van der Waals surface area contributed by atoms with Gasteiger partial charge in [0.1, 0.15) is 5.60 Å². The smallest absolute Gasteiger partial charge is 0.410 e. The van der Waals surface area contributed by atoms with Crippen molar-refractivity contribution < 1.29 is 14.3 Å². The molecule has 136 valence electrons. The van der Waals surface area contributed by atoms with Crippen LogP contribution in [0.3, 0.4) is 0 Å². The first-order valence-corrected chi connectivity index (χ1v) is 9.21. The SMILES string of the molecule is CC[C@]1(C(=O)N2C[C@H]3C[C@@H]2CN3C(=O)OC(C)(C)C)CC[C@@H](N)C1. The molecule has 0 unspecified atom stereocenters. The van der Waals surface area contributed by atoms with Crippen molar-refractivity contribution >= 4 is 12.0 Å². The van der Waals surface area contributed by atoms with E-state index in [4.69, 9.17) is 10.5 Å². The number of hydrogen-bond acceptors (Lipinski definition) is 4. The molecule has 1 aliphatic carbocycles. The van der Waals surface area contributed by atoms with Crippen molar-refractivity contribution in [3.63, 3.8) is 0 Å². The van der Waals surface area contributed by atoms with Gasteiger partial charge in [-0.2, -0.15) is 0 Å². The highest BCUT2D eigenvalue weighted by Crippen LogP contribution is 2.44. The third-order valence-corrected chi connectivity index (χ3v) is 5.91. The minimum Gasteiger partial charge on any atom is -0.444 e. The molecule has 0 aromatic rings. The topological polar surface area (TPSA) is 75.9 Å². The molecule has 0 spiro atoms. The molecule has 24 heavy (non-hydrogen) atoms. The monoisotopic (exact) mass is 337 g/mol. The average molecular weight is 337 g/mol. The van der Waals surface area contributed by atoms with Crippen LogP contribution in [-0.2, 0) is 9.53 Å². The highest BCUT2D eigenvalue weighted by molar-refractivity contribution is 5.84. The van der Waals surface area contributed by atoms with E-state index < -0.39 is 5.60 Å². The summed E-state index contributed by atoms with van der Waals surface area (Å²) in [5.74, 6) is 0.259. The summed E-state index contributed by atoms with van der Waals surface area (Å²) in [5, 5.41) is 0. The van der Waals surface area contributed by atoms with Crippen LogP contribution in [0.4, 0.5) is 4.79 Å². The van der Waals surface area contributed by atoms with Crippen LogP contribution in [0.1, 0.15) is 59.8 Å². The van der Waals surface area contributed by atoms with Crippen LogP contribution in [0, 0.1) is 5.41 Å². The van der Waals surface area contributed by atoms with E-state index in [0.29, 0.717) is 13.1 Å². The highest BCUT2D eigenvalue weighted by Gasteiger charge is 2.53. The van der Waals surface area contributed by atoms with E-state index in [0.717, 1.165) is 32.1 Å². The Morgan fingerprint density at radius 3 is 2.29 bits per heavy atom. The molecular weight excluding hydrogens is 306 g/mol. The lowest BCUT2D eigenvalue weighted by Gasteiger charge is -2.39. The second-order valence-electron chi connectivity index (χ2n) is 8.77. The molecule has 1 saturated carbocycles. The molecule has 2 N–H and O–H groups in total. The predicted octanol–water partition coefficient (Wildman–Crippen LogP) is 2.11. The van der Waals surface area contributed by atoms with E-state index in [9.17, 15) is 9.59 Å². The maximum Gasteiger partial charge on any atom is 0.410 e. The Balaban J connectivity index is 1.65. The van der Waals surface area contributed by atoms with E-state index in [1.54, 1.807) is 4.90 Å². The van der Waals surface area contributed by atoms with Crippen molar-refractivity contribution in [2.75, 3.05) is 13.1 Å². The third-order valence-electron chi connectivity index (χ3n) is 5.91. The van der Waals surface area contributed by atoms with Crippen molar-refractivity contribution in [3.05, 3.63) is 0 Å². The van der Waals surface area contributed by atoms with Crippen molar-refractivity contribution in [1.29, 1.82) is 0 Å². The van der Waals surface area contributed by atoms with E-state index in [1.807, 2.05) is 25.7 Å². The Morgan fingerprint density at radius 1 is 1.21 bits per heavy atom. The zero-order valence-corrected chi connectivity index (χ0v) is 15.4. The molecule has 6 heteroatoms. The molecule has 2 saturated heterocycles. The van der Waals surface area contributed by atoms with Gasteiger partial charge in [0.05, 0.1) is 17.5 Å². The number of carbonyl (C=O) groups excluding carboxylic acids is 2. The number of rotatable bonds is 2. The van der Waals surface area contributed by atoms with E-state index in [1.165, 1.54) is 0 Å². The molecule has 3 rings (SSSR count). The summed E-state index contributed by atoms with van der Waals surface area (Å²) in [5.41, 5.74) is 5.32. The molecule has 2 bridgehead atoms. The van der Waals surface area contributed by atoms with Gasteiger partial charge in [0, 0.05) is 19.1 Å². The maximum absolute atomic E-state index is 13.2. The maximum atomic E-state index is 13.2. The van der Waals surface area contributed by atoms with Crippen molar-refractivity contribution in [1.82, 2.24) is 9.80 Å². The largest absolute Gasteiger partial charge is 0.444 e. The number of nitrogens with zero attached hydrogens (tertiary/aromatic N) is 2. The molecule has 2 aliphatic heterocycles. The van der Waals surface area contributed by atoms with Crippen LogP contribution < -0.4 is 5.73 Å². The predicted molar refractivity (Wildman–Crippen MR) is 91.4 cm³/mol. The number of hydrogen-bond donors (Lipinski definition) is 1. The fourth-order valence-electron chi connectivity index (χ4n) is 4.60. The van der Waals surface area contributed by atoms with Gasteiger partial charge in [-0.25, -0.2) is 4.79 Å². The first-order valence-electron chi connectivity index (χ1n) is 9.21. The van der Waals surface area contributed by atoms with E-state index in [-0.39, 0.29) is 35.5 Å². The van der Waals surface area contributed by atoms with Crippen molar-refractivity contribution in [2.24, 2.45) is 11.1 Å². The zero-order valence-electron chi connectivity index (χ0n) is 15.4. The third kappa shape index (κ3) is 3.01. The summed E-state index contributed by atoms with van der Waals surface area (Å²) in [6.45, 7) is 8.96. The van der Waals surface area contributed by atoms with E-state index in [2.05, 4.69) is 6.92 Å². The van der Waals surface area contributed by atoms with Crippen LogP contribution in [0.25, 0.3) is 0 Å². The molecule has 0 radical (unpaired) electrons. The molecule has 0 aromatic carbocycles. The zero-order chi connectivity index (χ0) is 17.7. The van der Waals surface area contributed by atoms with Crippen molar-refractivity contribution in [2.45, 2.75) is 83.5 Å². The van der Waals surface area contributed by atoms with Gasteiger partial charge in [-0.15, -0.1) is 0 Å². The molecule has 6 nitrogen and oxygen atoms in total. The summed E-state index contributed by atoms with van der Waals surface area (Å²) in [6.07, 6.45) is 4.10. The minimum atomic E-state index is -0.485. The second kappa shape index (κ2) is 5.90. The summed E-state index contributed by atoms with van der Waals surface area (Å²) in [6, 6.07) is 0.375. The first kappa shape index (κ1) is 17.5. The van der Waals surface area contributed by atoms with Gasteiger partial charge < -0.3 is 20.3 Å². The fourth-order valence-corrected chi connectivity index (χ4v) is 4.60. The van der Waals surface area contributed by atoms with Crippen LogP contribution >= 0.6 is 0 Å². The highest BCUT2D eigenvalue weighted by atomic mass is 16.6. The lowest BCUT2D eigenvalue weighted by Crippen LogP contribution is -2.54. The Hall–Kier alpha value is -1.30. The quantitative estimate of drug-likeness (QED) is 0.837.